The van der Waals surface area contributed by atoms with Crippen LogP contribution >= 0.6 is 0 Å². The Morgan fingerprint density at radius 2 is 1.51 bits per heavy atom. The maximum atomic E-state index is 14.4. The summed E-state index contributed by atoms with van der Waals surface area (Å²) in [6.45, 7) is 18.3. The van der Waals surface area contributed by atoms with Gasteiger partial charge in [-0.05, 0) is 99.9 Å². The average Bonchev–Trinajstić information content (AvgIpc) is 3.18. The van der Waals surface area contributed by atoms with Crippen LogP contribution in [0, 0.1) is 30.6 Å². The van der Waals surface area contributed by atoms with Gasteiger partial charge >= 0.3 is 5.97 Å². The normalized spacial score (nSPS) is 45.0. The van der Waals surface area contributed by atoms with Crippen LogP contribution in [0.2, 0.25) is 0 Å². The maximum absolute atomic E-state index is 14.4. The Bertz CT molecular complexity index is 1700. The molecule has 0 aromatic heterocycles. The highest BCUT2D eigenvalue weighted by Crippen LogP contribution is 2.41. The Morgan fingerprint density at radius 1 is 0.902 bits per heavy atom. The number of cyclic esters (lactones) is 1. The van der Waals surface area contributed by atoms with Gasteiger partial charge in [0.2, 0.25) is 10.0 Å². The van der Waals surface area contributed by atoms with Gasteiger partial charge in [0.25, 0.3) is 0 Å². The summed E-state index contributed by atoms with van der Waals surface area (Å²) < 4.78 is 68.6. The average molecular weight is 889 g/mol. The molecule has 19 atom stereocenters. The van der Waals surface area contributed by atoms with Gasteiger partial charge in [0, 0.05) is 37.5 Å². The van der Waals surface area contributed by atoms with Crippen LogP contribution in [0.5, 0.6) is 0 Å². The van der Waals surface area contributed by atoms with E-state index in [2.05, 4.69) is 4.72 Å². The molecule has 1 aromatic rings. The van der Waals surface area contributed by atoms with Crippen molar-refractivity contribution in [1.29, 1.82) is 0 Å². The molecule has 16 nitrogen and oxygen atoms in total. The smallest absolute Gasteiger partial charge is 0.311 e. The fourth-order valence-electron chi connectivity index (χ4n) is 9.79. The molecule has 6 N–H and O–H groups in total. The molecular weight excluding hydrogens is 813 g/mol. The molecule has 0 spiro atoms. The van der Waals surface area contributed by atoms with Crippen molar-refractivity contribution in [2.45, 2.75) is 197 Å². The number of likely N-dealkylation sites (N-methyl/N-ethyl adjacent to an activating group) is 1. The molecule has 3 aliphatic heterocycles. The third-order valence-electron chi connectivity index (χ3n) is 13.7. The first-order valence-electron chi connectivity index (χ1n) is 21.7. The number of ether oxygens (including phenoxy) is 6. The zero-order chi connectivity index (χ0) is 46.2. The summed E-state index contributed by atoms with van der Waals surface area (Å²) in [5.41, 5.74) is -4.20. The van der Waals surface area contributed by atoms with Crippen LogP contribution < -0.4 is 4.72 Å². The third kappa shape index (κ3) is 11.5. The van der Waals surface area contributed by atoms with E-state index in [1.165, 1.54) is 33.1 Å². The van der Waals surface area contributed by atoms with E-state index >= 15 is 0 Å². The van der Waals surface area contributed by atoms with Crippen LogP contribution in [0.25, 0.3) is 0 Å². The second-order valence-corrected chi connectivity index (χ2v) is 20.9. The Hall–Kier alpha value is -1.84. The van der Waals surface area contributed by atoms with Crippen molar-refractivity contribution >= 4 is 16.0 Å². The standard InChI is InChI=1S/C44H76N2O14S/c1-15-32-44(11,52)37(48)26(5)34(45-61(53,54)30-18-16-23(2)17-19-30)24(3)21-42(9,51)39(60-41-35(47)31(46(12)13)20-25(4)56-41)27(6)36(28(7)40(50)58-32)59-33-22-43(10,55-14)38(49)29(8)57-33/h16-19,24-29,31-39,41,45,47-49,51-52H,15,20-22H2,1-14H3/t24-,25-,26+,27+,28-,29+,31+,32-,33+,34+,35-,36+,37-,38+,39-,41+,42-,43-,44-/m1/s1. The van der Waals surface area contributed by atoms with E-state index < -0.39 is 118 Å². The van der Waals surface area contributed by atoms with Gasteiger partial charge in [0.15, 0.2) is 12.6 Å². The number of rotatable bonds is 10. The number of aliphatic hydroxyl groups excluding tert-OH is 3. The van der Waals surface area contributed by atoms with Gasteiger partial charge in [-0.3, -0.25) is 4.79 Å². The first-order valence-corrected chi connectivity index (χ1v) is 23.2. The lowest BCUT2D eigenvalue weighted by molar-refractivity contribution is -0.318. The third-order valence-corrected chi connectivity index (χ3v) is 15.2. The zero-order valence-electron chi connectivity index (χ0n) is 38.6. The van der Waals surface area contributed by atoms with Crippen molar-refractivity contribution in [3.63, 3.8) is 0 Å². The second-order valence-electron chi connectivity index (χ2n) is 19.2. The topological polar surface area (TPSA) is 223 Å². The summed E-state index contributed by atoms with van der Waals surface area (Å²) in [6.07, 6.45) is -10.4. The number of esters is 1. The molecular formula is C44H76N2O14S. The number of nitrogens with one attached hydrogen (secondary N) is 1. The van der Waals surface area contributed by atoms with Gasteiger partial charge in [0.1, 0.15) is 23.9 Å². The minimum absolute atomic E-state index is 0.0153. The molecule has 0 unspecified atom stereocenters. The fourth-order valence-corrected chi connectivity index (χ4v) is 11.2. The summed E-state index contributed by atoms with van der Waals surface area (Å²) in [5, 5.41) is 59.7. The number of methoxy groups -OCH3 is 1. The minimum Gasteiger partial charge on any atom is -0.459 e. The molecule has 3 aliphatic rings. The lowest BCUT2D eigenvalue weighted by atomic mass is 9.72. The van der Waals surface area contributed by atoms with E-state index in [1.54, 1.807) is 60.6 Å². The molecule has 0 aliphatic carbocycles. The molecule has 3 heterocycles. The quantitative estimate of drug-likeness (QED) is 0.186. The van der Waals surface area contributed by atoms with Crippen LogP contribution in [0.15, 0.2) is 29.2 Å². The first-order chi connectivity index (χ1) is 28.1. The second kappa shape index (κ2) is 20.1. The SMILES string of the molecule is CC[C@H]1OC(=O)[C@H](C)[C@@H](O[C@H]2C[C@@](C)(OC)[C@@H](O)[C@H](C)O2)[C@H](C)[C@@H](O[C@@H]2O[C@H](C)C[C@H](N(C)C)[C@H]2O)[C@](C)(O)C[C@@H](C)[C@H](NS(=O)(=O)c2ccc(C)cc2)[C@H](C)[C@@H](O)[C@]1(C)O. The molecule has 61 heavy (non-hydrogen) atoms. The lowest BCUT2D eigenvalue weighted by Crippen LogP contribution is -2.62. The Kier molecular flexibility index (Phi) is 17.1. The van der Waals surface area contributed by atoms with Crippen LogP contribution in [0.4, 0.5) is 0 Å². The van der Waals surface area contributed by atoms with Crippen LogP contribution in [0.3, 0.4) is 0 Å². The Labute approximate surface area is 363 Å². The number of carbonyl (C=O) groups excluding carboxylic acids is 1. The summed E-state index contributed by atoms with van der Waals surface area (Å²) in [5.74, 6) is -4.59. The van der Waals surface area contributed by atoms with Crippen LogP contribution in [-0.4, -0.2) is 156 Å². The number of sulfonamides is 1. The van der Waals surface area contributed by atoms with Gasteiger partial charge < -0.3 is 58.9 Å². The van der Waals surface area contributed by atoms with Gasteiger partial charge in [-0.1, -0.05) is 45.4 Å². The number of carbonyl (C=O) groups is 1. The largest absolute Gasteiger partial charge is 0.459 e. The van der Waals surface area contributed by atoms with Gasteiger partial charge in [-0.15, -0.1) is 0 Å². The van der Waals surface area contributed by atoms with Crippen molar-refractivity contribution in [3.05, 3.63) is 29.8 Å². The highest BCUT2D eigenvalue weighted by Gasteiger charge is 2.54. The molecule has 0 saturated carbocycles. The van der Waals surface area contributed by atoms with Crippen LogP contribution in [0.1, 0.15) is 100 Å². The Balaban J connectivity index is 1.91. The molecule has 0 bridgehead atoms. The molecule has 3 fully saturated rings. The number of hydrogen-bond donors (Lipinski definition) is 6. The molecule has 1 aromatic carbocycles. The number of aliphatic hydroxyl groups is 5. The zero-order valence-corrected chi connectivity index (χ0v) is 39.5. The van der Waals surface area contributed by atoms with E-state index in [4.69, 9.17) is 28.4 Å². The number of benzene rings is 1. The van der Waals surface area contributed by atoms with E-state index in [-0.39, 0.29) is 36.3 Å². The lowest BCUT2D eigenvalue weighted by Gasteiger charge is -2.49. The number of nitrogens with zero attached hydrogens (tertiary/aromatic N) is 1. The summed E-state index contributed by atoms with van der Waals surface area (Å²) in [4.78, 5) is 16.3. The number of hydrogen-bond acceptors (Lipinski definition) is 15. The highest BCUT2D eigenvalue weighted by molar-refractivity contribution is 7.89. The van der Waals surface area contributed by atoms with Crippen molar-refractivity contribution in [2.24, 2.45) is 23.7 Å². The first kappa shape index (κ1) is 51.8. The minimum atomic E-state index is -4.23. The molecule has 3 saturated heterocycles. The summed E-state index contributed by atoms with van der Waals surface area (Å²) >= 11 is 0. The van der Waals surface area contributed by atoms with E-state index in [1.807, 2.05) is 32.8 Å². The predicted molar refractivity (Wildman–Crippen MR) is 227 cm³/mol. The fraction of sp³-hybridized carbons (Fsp3) is 0.841. The van der Waals surface area contributed by atoms with E-state index in [9.17, 15) is 38.7 Å². The molecule has 4 rings (SSSR count). The molecule has 0 radical (unpaired) electrons. The van der Waals surface area contributed by atoms with Gasteiger partial charge in [-0.25, -0.2) is 13.1 Å². The van der Waals surface area contributed by atoms with Crippen LogP contribution in [-0.2, 0) is 43.2 Å². The maximum Gasteiger partial charge on any atom is 0.311 e. The summed E-state index contributed by atoms with van der Waals surface area (Å²) in [6, 6.07) is 4.81. The van der Waals surface area contributed by atoms with Crippen molar-refractivity contribution in [1.82, 2.24) is 9.62 Å². The number of aryl methyl sites for hydroxylation is 1. The Morgan fingerprint density at radius 3 is 2.07 bits per heavy atom. The van der Waals surface area contributed by atoms with Gasteiger partial charge in [0.05, 0.1) is 52.5 Å². The summed E-state index contributed by atoms with van der Waals surface area (Å²) in [7, 11) is 0.919. The molecule has 0 amide bonds. The van der Waals surface area contributed by atoms with Gasteiger partial charge in [-0.2, -0.15) is 0 Å². The highest BCUT2D eigenvalue weighted by atomic mass is 32.2. The van der Waals surface area contributed by atoms with Crippen molar-refractivity contribution < 1.29 is 67.2 Å². The molecule has 17 heteroatoms. The predicted octanol–water partition coefficient (Wildman–Crippen LogP) is 2.87. The van der Waals surface area contributed by atoms with E-state index in [0.717, 1.165) is 5.56 Å². The van der Waals surface area contributed by atoms with Crippen molar-refractivity contribution in [3.8, 4) is 0 Å². The molecule has 352 valence electrons. The van der Waals surface area contributed by atoms with Crippen molar-refractivity contribution in [2.75, 3.05) is 21.2 Å². The van der Waals surface area contributed by atoms with E-state index in [0.29, 0.717) is 6.42 Å². The monoisotopic (exact) mass is 889 g/mol.